The maximum absolute atomic E-state index is 7.27. The molecule has 5 rings (SSSR count). The van der Waals surface area contributed by atoms with Crippen LogP contribution in [0.1, 0.15) is 29.8 Å². The topological polar surface area (TPSA) is 89.4 Å². The van der Waals surface area contributed by atoms with E-state index in [-0.39, 0.29) is 12.1 Å². The third kappa shape index (κ3) is 3.29. The number of fused-ring (bicyclic) bond motifs is 2. The highest BCUT2D eigenvalue weighted by Crippen LogP contribution is 2.35. The zero-order chi connectivity index (χ0) is 22.3. The zero-order valence-electron chi connectivity index (χ0n) is 19.1. The zero-order valence-corrected chi connectivity index (χ0v) is 16.1. The van der Waals surface area contributed by atoms with E-state index >= 15 is 0 Å². The molecular weight excluding hydrogens is 368 g/mol. The van der Waals surface area contributed by atoms with Gasteiger partial charge in [0.1, 0.15) is 5.65 Å². The first-order valence-corrected chi connectivity index (χ1v) is 9.71. The smallest absolute Gasteiger partial charge is 0.228 e. The molecule has 0 aliphatic heterocycles. The molecular formula is C21H24N6O2. The highest BCUT2D eigenvalue weighted by atomic mass is 16.5. The standard InChI is InChI=1S/C21H24N6O2/c1-28-16-5-3-14(4-6-16)24-21-25-19-18(20(26-21)29-2)17(12-22-19)13-8-10-27-15(11-13)7-9-23-27/h7-12,14,16H,3-6H2,1-2H3,(H2,22,24,25,26)/t14-,16+/i1D3. The Labute approximate surface area is 172 Å². The molecule has 0 saturated heterocycles. The predicted molar refractivity (Wildman–Crippen MR) is 111 cm³/mol. The van der Waals surface area contributed by atoms with Crippen molar-refractivity contribution in [1.29, 1.82) is 0 Å². The van der Waals surface area contributed by atoms with E-state index in [0.29, 0.717) is 30.3 Å². The highest BCUT2D eigenvalue weighted by molar-refractivity contribution is 5.98. The number of aromatic nitrogens is 5. The van der Waals surface area contributed by atoms with Gasteiger partial charge in [0.2, 0.25) is 11.8 Å². The van der Waals surface area contributed by atoms with E-state index in [0.717, 1.165) is 34.9 Å². The molecule has 4 aromatic rings. The number of ether oxygens (including phenoxy) is 2. The largest absolute Gasteiger partial charge is 0.480 e. The molecule has 8 nitrogen and oxygen atoms in total. The minimum atomic E-state index is -2.35. The van der Waals surface area contributed by atoms with Crippen LogP contribution in [-0.2, 0) is 4.74 Å². The number of methoxy groups -OCH3 is 2. The number of hydrogen-bond acceptors (Lipinski definition) is 6. The van der Waals surface area contributed by atoms with Crippen molar-refractivity contribution in [3.8, 4) is 17.0 Å². The average Bonchev–Trinajstić information content (AvgIpc) is 3.40. The number of pyridine rings is 1. The average molecular weight is 395 g/mol. The Kier molecular flexibility index (Phi) is 3.76. The van der Waals surface area contributed by atoms with Crippen LogP contribution in [-0.4, -0.2) is 50.9 Å². The summed E-state index contributed by atoms with van der Waals surface area (Å²) in [5.74, 6) is 0.968. The lowest BCUT2D eigenvalue weighted by molar-refractivity contribution is 0.0681. The Balaban J connectivity index is 1.37. The van der Waals surface area contributed by atoms with Gasteiger partial charge >= 0.3 is 0 Å². The third-order valence-electron chi connectivity index (χ3n) is 5.58. The molecule has 0 unspecified atom stereocenters. The highest BCUT2D eigenvalue weighted by Gasteiger charge is 2.22. The van der Waals surface area contributed by atoms with Crippen LogP contribution in [0.15, 0.2) is 36.8 Å². The Morgan fingerprint density at radius 3 is 2.97 bits per heavy atom. The van der Waals surface area contributed by atoms with Crippen LogP contribution in [0.2, 0.25) is 0 Å². The van der Waals surface area contributed by atoms with Gasteiger partial charge in [-0.3, -0.25) is 0 Å². The summed E-state index contributed by atoms with van der Waals surface area (Å²) in [7, 11) is -0.750. The Morgan fingerprint density at radius 1 is 1.24 bits per heavy atom. The van der Waals surface area contributed by atoms with E-state index < -0.39 is 7.04 Å². The summed E-state index contributed by atoms with van der Waals surface area (Å²) in [5, 5.41) is 8.43. The number of aromatic amines is 1. The van der Waals surface area contributed by atoms with Gasteiger partial charge in [0, 0.05) is 37.2 Å². The van der Waals surface area contributed by atoms with Crippen molar-refractivity contribution in [1.82, 2.24) is 24.6 Å². The van der Waals surface area contributed by atoms with Crippen molar-refractivity contribution < 1.29 is 13.6 Å². The molecule has 1 aliphatic rings. The van der Waals surface area contributed by atoms with E-state index in [1.54, 1.807) is 13.3 Å². The first-order valence-electron chi connectivity index (χ1n) is 11.2. The normalized spacial score (nSPS) is 21.6. The summed E-state index contributed by atoms with van der Waals surface area (Å²) in [6.07, 6.45) is 8.27. The summed E-state index contributed by atoms with van der Waals surface area (Å²) < 4.78 is 34.4. The van der Waals surface area contributed by atoms with Crippen LogP contribution in [0.4, 0.5) is 5.95 Å². The first kappa shape index (κ1) is 14.8. The molecule has 0 amide bonds. The maximum Gasteiger partial charge on any atom is 0.228 e. The second kappa shape index (κ2) is 7.36. The lowest BCUT2D eigenvalue weighted by atomic mass is 9.93. The lowest BCUT2D eigenvalue weighted by Gasteiger charge is -2.28. The van der Waals surface area contributed by atoms with Crippen molar-refractivity contribution in [2.24, 2.45) is 0 Å². The van der Waals surface area contributed by atoms with Crippen molar-refractivity contribution in [3.63, 3.8) is 0 Å². The second-order valence-corrected chi connectivity index (χ2v) is 7.33. The van der Waals surface area contributed by atoms with E-state index in [1.807, 2.05) is 29.0 Å². The van der Waals surface area contributed by atoms with Gasteiger partial charge in [-0.1, -0.05) is 0 Å². The van der Waals surface area contributed by atoms with Crippen LogP contribution in [0.3, 0.4) is 0 Å². The maximum atomic E-state index is 7.27. The third-order valence-corrected chi connectivity index (χ3v) is 5.58. The van der Waals surface area contributed by atoms with Gasteiger partial charge in [-0.25, -0.2) is 4.52 Å². The number of nitrogens with one attached hydrogen (secondary N) is 2. The predicted octanol–water partition coefficient (Wildman–Crippen LogP) is 3.65. The SMILES string of the molecule is [2H]C([2H])([2H])O[C@H]1CC[C@@H](Nc2nc(OC)c3c(-c4ccn5nccc5c4)c[nH]c3n2)CC1. The fraction of sp³-hybridized carbons (Fsp3) is 0.381. The van der Waals surface area contributed by atoms with Gasteiger partial charge in [-0.2, -0.15) is 15.1 Å². The van der Waals surface area contributed by atoms with Gasteiger partial charge in [0.25, 0.3) is 0 Å². The van der Waals surface area contributed by atoms with Crippen molar-refractivity contribution in [2.45, 2.75) is 37.8 Å². The first-order chi connectivity index (χ1) is 15.4. The van der Waals surface area contributed by atoms with Crippen molar-refractivity contribution >= 4 is 22.5 Å². The van der Waals surface area contributed by atoms with Gasteiger partial charge in [-0.15, -0.1) is 0 Å². The molecule has 0 spiro atoms. The molecule has 1 fully saturated rings. The summed E-state index contributed by atoms with van der Waals surface area (Å²) in [5.41, 5.74) is 3.64. The molecule has 4 aromatic heterocycles. The molecule has 8 heteroatoms. The molecule has 150 valence electrons. The second-order valence-electron chi connectivity index (χ2n) is 7.33. The molecule has 29 heavy (non-hydrogen) atoms. The number of rotatable bonds is 5. The fourth-order valence-corrected chi connectivity index (χ4v) is 4.04. The van der Waals surface area contributed by atoms with Crippen LogP contribution >= 0.6 is 0 Å². The van der Waals surface area contributed by atoms with Crippen molar-refractivity contribution in [3.05, 3.63) is 36.8 Å². The van der Waals surface area contributed by atoms with Crippen molar-refractivity contribution in [2.75, 3.05) is 19.5 Å². The van der Waals surface area contributed by atoms with Gasteiger partial charge in [-0.05, 0) is 49.4 Å². The van der Waals surface area contributed by atoms with E-state index in [9.17, 15) is 0 Å². The minimum Gasteiger partial charge on any atom is -0.480 e. The molecule has 1 saturated carbocycles. The Morgan fingerprint density at radius 2 is 2.14 bits per heavy atom. The van der Waals surface area contributed by atoms with Gasteiger partial charge < -0.3 is 19.8 Å². The molecule has 2 N–H and O–H groups in total. The monoisotopic (exact) mass is 395 g/mol. The van der Waals surface area contributed by atoms with E-state index in [1.165, 1.54) is 0 Å². The lowest BCUT2D eigenvalue weighted by Crippen LogP contribution is -2.29. The van der Waals surface area contributed by atoms with Gasteiger partial charge in [0.05, 0.1) is 28.2 Å². The summed E-state index contributed by atoms with van der Waals surface area (Å²) >= 11 is 0. The van der Waals surface area contributed by atoms with Gasteiger partial charge in [0.15, 0.2) is 0 Å². The van der Waals surface area contributed by atoms with E-state index in [4.69, 9.17) is 13.6 Å². The van der Waals surface area contributed by atoms with E-state index in [2.05, 4.69) is 31.4 Å². The number of hydrogen-bond donors (Lipinski definition) is 2. The quantitative estimate of drug-likeness (QED) is 0.536. The summed E-state index contributed by atoms with van der Waals surface area (Å²) in [4.78, 5) is 12.5. The summed E-state index contributed by atoms with van der Waals surface area (Å²) in [6.45, 7) is 0. The minimum absolute atomic E-state index is 0.146. The Bertz CT molecular complexity index is 1240. The molecule has 0 aromatic carbocycles. The fourth-order valence-electron chi connectivity index (χ4n) is 4.04. The molecule has 4 heterocycles. The van der Waals surface area contributed by atoms with Crippen LogP contribution < -0.4 is 10.1 Å². The summed E-state index contributed by atoms with van der Waals surface area (Å²) in [6, 6.07) is 6.15. The number of H-pyrrole nitrogens is 1. The van der Waals surface area contributed by atoms with Crippen LogP contribution in [0.25, 0.3) is 27.7 Å². The molecule has 0 atom stereocenters. The Hall–Kier alpha value is -3.13. The van der Waals surface area contributed by atoms with Crippen LogP contribution in [0, 0.1) is 0 Å². The molecule has 0 bridgehead atoms. The molecule has 0 radical (unpaired) electrons. The molecule has 1 aliphatic carbocycles. The van der Waals surface area contributed by atoms with Crippen LogP contribution in [0.5, 0.6) is 5.88 Å². The number of anilines is 1. The number of nitrogens with zero attached hydrogens (tertiary/aromatic N) is 4.